The molecule has 0 spiro atoms. The number of nitrogens with one attached hydrogen (secondary N) is 2. The molecule has 0 saturated carbocycles. The van der Waals surface area contributed by atoms with Gasteiger partial charge < -0.3 is 20.5 Å². The van der Waals surface area contributed by atoms with Crippen molar-refractivity contribution in [2.45, 2.75) is 5.92 Å². The molecule has 0 aromatic heterocycles. The molecule has 3 aromatic rings. The van der Waals surface area contributed by atoms with Crippen molar-refractivity contribution in [1.82, 2.24) is 5.32 Å². The molecule has 0 bridgehead atoms. The zero-order valence-corrected chi connectivity index (χ0v) is 18.4. The summed E-state index contributed by atoms with van der Waals surface area (Å²) >= 11 is 3.20. The summed E-state index contributed by atoms with van der Waals surface area (Å²) in [5, 5.41) is 14.2. The van der Waals surface area contributed by atoms with E-state index in [1.807, 2.05) is 48.5 Å². The monoisotopic (exact) mass is 494 g/mol. The highest BCUT2D eigenvalue weighted by Gasteiger charge is 2.29. The van der Waals surface area contributed by atoms with Gasteiger partial charge in [0, 0.05) is 10.4 Å². The molecule has 0 aliphatic heterocycles. The highest BCUT2D eigenvalue weighted by atomic mass is 79.9. The normalized spacial score (nSPS) is 11.9. The van der Waals surface area contributed by atoms with Crippen molar-refractivity contribution in [3.8, 4) is 11.1 Å². The van der Waals surface area contributed by atoms with Crippen molar-refractivity contribution >= 4 is 39.6 Å². The number of carbonyl (C=O) groups excluding carboxylic acids is 2. The quantitative estimate of drug-likeness (QED) is 0.463. The van der Waals surface area contributed by atoms with E-state index in [-0.39, 0.29) is 30.3 Å². The molecule has 3 aromatic carbocycles. The van der Waals surface area contributed by atoms with E-state index in [1.54, 1.807) is 6.07 Å². The molecule has 1 aliphatic carbocycles. The highest BCUT2D eigenvalue weighted by Crippen LogP contribution is 2.44. The molecule has 0 fully saturated rings. The third kappa shape index (κ3) is 4.50. The summed E-state index contributed by atoms with van der Waals surface area (Å²) in [5.41, 5.74) is 4.51. The number of amides is 2. The standard InChI is InChI=1S/C24H19BrN2O5/c25-14-9-10-21(19(11-14)23(29)30)27-22(28)12-26-24(31)32-13-20-17-7-3-1-5-15(17)16-6-2-4-8-18(16)20/h1-11,20H,12-13H2,(H,26,31)(H,27,28)(H,29,30). The van der Waals surface area contributed by atoms with Gasteiger partial charge in [0.2, 0.25) is 5.91 Å². The first kappa shape index (κ1) is 21.6. The number of anilines is 1. The first-order valence-corrected chi connectivity index (χ1v) is 10.6. The molecule has 0 saturated heterocycles. The lowest BCUT2D eigenvalue weighted by Gasteiger charge is -2.14. The molecule has 3 N–H and O–H groups in total. The molecule has 0 radical (unpaired) electrons. The summed E-state index contributed by atoms with van der Waals surface area (Å²) in [7, 11) is 0. The van der Waals surface area contributed by atoms with Crippen molar-refractivity contribution in [2.75, 3.05) is 18.5 Å². The van der Waals surface area contributed by atoms with Gasteiger partial charge in [0.25, 0.3) is 0 Å². The molecule has 8 heteroatoms. The maximum absolute atomic E-state index is 12.2. The Balaban J connectivity index is 1.34. The Hall–Kier alpha value is -3.65. The van der Waals surface area contributed by atoms with Crippen LogP contribution in [-0.4, -0.2) is 36.2 Å². The molecule has 7 nitrogen and oxygen atoms in total. The Bertz CT molecular complexity index is 1160. The third-order valence-electron chi connectivity index (χ3n) is 5.22. The van der Waals surface area contributed by atoms with Crippen LogP contribution in [0.15, 0.2) is 71.2 Å². The first-order chi connectivity index (χ1) is 15.4. The van der Waals surface area contributed by atoms with Gasteiger partial charge in [-0.25, -0.2) is 9.59 Å². The summed E-state index contributed by atoms with van der Waals surface area (Å²) in [6.07, 6.45) is -0.726. The number of carbonyl (C=O) groups is 3. The van der Waals surface area contributed by atoms with Crippen LogP contribution in [0.5, 0.6) is 0 Å². The van der Waals surface area contributed by atoms with Crippen molar-refractivity contribution in [2.24, 2.45) is 0 Å². The Kier molecular flexibility index (Phi) is 6.23. The number of halogens is 1. The summed E-state index contributed by atoms with van der Waals surface area (Å²) < 4.78 is 5.96. The van der Waals surface area contributed by atoms with Crippen LogP contribution in [0.4, 0.5) is 10.5 Å². The number of ether oxygens (including phenoxy) is 1. The number of carboxylic acid groups (broad SMARTS) is 1. The van der Waals surface area contributed by atoms with Crippen LogP contribution >= 0.6 is 15.9 Å². The van der Waals surface area contributed by atoms with E-state index in [1.165, 1.54) is 12.1 Å². The van der Waals surface area contributed by atoms with Gasteiger partial charge in [-0.2, -0.15) is 0 Å². The lowest BCUT2D eigenvalue weighted by molar-refractivity contribution is -0.115. The fourth-order valence-corrected chi connectivity index (χ4v) is 4.16. The van der Waals surface area contributed by atoms with Crippen LogP contribution in [0, 0.1) is 0 Å². The van der Waals surface area contributed by atoms with E-state index in [2.05, 4.69) is 26.6 Å². The van der Waals surface area contributed by atoms with Gasteiger partial charge in [-0.15, -0.1) is 0 Å². The van der Waals surface area contributed by atoms with Crippen molar-refractivity contribution in [3.05, 3.63) is 87.9 Å². The summed E-state index contributed by atoms with van der Waals surface area (Å²) in [4.78, 5) is 35.7. The number of carboxylic acids is 1. The third-order valence-corrected chi connectivity index (χ3v) is 5.72. The fourth-order valence-electron chi connectivity index (χ4n) is 3.80. The lowest BCUT2D eigenvalue weighted by atomic mass is 9.98. The number of alkyl carbamates (subject to hydrolysis) is 1. The second-order valence-corrected chi connectivity index (χ2v) is 8.14. The van der Waals surface area contributed by atoms with Crippen LogP contribution in [0.1, 0.15) is 27.4 Å². The van der Waals surface area contributed by atoms with Crippen LogP contribution < -0.4 is 10.6 Å². The zero-order valence-electron chi connectivity index (χ0n) is 16.8. The number of benzene rings is 3. The minimum atomic E-state index is -1.17. The maximum Gasteiger partial charge on any atom is 0.407 e. The van der Waals surface area contributed by atoms with Crippen LogP contribution in [-0.2, 0) is 9.53 Å². The first-order valence-electron chi connectivity index (χ1n) is 9.85. The maximum atomic E-state index is 12.2. The van der Waals surface area contributed by atoms with Gasteiger partial charge in [0.05, 0.1) is 11.3 Å². The van der Waals surface area contributed by atoms with Crippen LogP contribution in [0.3, 0.4) is 0 Å². The molecule has 2 amide bonds. The molecule has 32 heavy (non-hydrogen) atoms. The summed E-state index contributed by atoms with van der Waals surface area (Å²) in [6, 6.07) is 20.5. The average molecular weight is 495 g/mol. The number of rotatable bonds is 6. The second-order valence-electron chi connectivity index (χ2n) is 7.22. The number of hydrogen-bond donors (Lipinski definition) is 3. The smallest absolute Gasteiger partial charge is 0.407 e. The number of fused-ring (bicyclic) bond motifs is 3. The molecule has 0 atom stereocenters. The Morgan fingerprint density at radius 1 is 0.938 bits per heavy atom. The topological polar surface area (TPSA) is 105 Å². The van der Waals surface area contributed by atoms with Gasteiger partial charge in [0.1, 0.15) is 13.2 Å². The second kappa shape index (κ2) is 9.23. The van der Waals surface area contributed by atoms with E-state index in [0.717, 1.165) is 22.3 Å². The minimum Gasteiger partial charge on any atom is -0.478 e. The number of hydrogen-bond acceptors (Lipinski definition) is 4. The van der Waals surface area contributed by atoms with Crippen LogP contribution in [0.25, 0.3) is 11.1 Å². The van der Waals surface area contributed by atoms with Gasteiger partial charge in [0.15, 0.2) is 0 Å². The van der Waals surface area contributed by atoms with Crippen molar-refractivity contribution in [3.63, 3.8) is 0 Å². The zero-order chi connectivity index (χ0) is 22.7. The van der Waals surface area contributed by atoms with Crippen molar-refractivity contribution in [1.29, 1.82) is 0 Å². The molecule has 0 unspecified atom stereocenters. The Morgan fingerprint density at radius 2 is 1.56 bits per heavy atom. The van der Waals surface area contributed by atoms with Gasteiger partial charge >= 0.3 is 12.1 Å². The van der Waals surface area contributed by atoms with Gasteiger partial charge in [-0.1, -0.05) is 64.5 Å². The van der Waals surface area contributed by atoms with E-state index in [9.17, 15) is 19.5 Å². The lowest BCUT2D eigenvalue weighted by Crippen LogP contribution is -2.34. The molecular formula is C24H19BrN2O5. The van der Waals surface area contributed by atoms with Gasteiger partial charge in [-0.3, -0.25) is 4.79 Å². The summed E-state index contributed by atoms with van der Waals surface area (Å²) in [6.45, 7) is -0.219. The van der Waals surface area contributed by atoms with E-state index >= 15 is 0 Å². The average Bonchev–Trinajstić information content (AvgIpc) is 3.11. The molecule has 4 rings (SSSR count). The fraction of sp³-hybridized carbons (Fsp3) is 0.125. The number of aromatic carboxylic acids is 1. The van der Waals surface area contributed by atoms with E-state index in [4.69, 9.17) is 4.74 Å². The molecule has 162 valence electrons. The predicted molar refractivity (Wildman–Crippen MR) is 123 cm³/mol. The largest absolute Gasteiger partial charge is 0.478 e. The minimum absolute atomic E-state index is 0.0612. The molecule has 1 aliphatic rings. The van der Waals surface area contributed by atoms with E-state index in [0.29, 0.717) is 4.47 Å². The van der Waals surface area contributed by atoms with Gasteiger partial charge in [-0.05, 0) is 40.5 Å². The Labute approximate surface area is 192 Å². The SMILES string of the molecule is O=C(CNC(=O)OCC1c2ccccc2-c2ccccc21)Nc1ccc(Br)cc1C(=O)O. The molecule has 0 heterocycles. The Morgan fingerprint density at radius 3 is 2.19 bits per heavy atom. The van der Waals surface area contributed by atoms with Crippen molar-refractivity contribution < 1.29 is 24.2 Å². The predicted octanol–water partition coefficient (Wildman–Crippen LogP) is 4.62. The van der Waals surface area contributed by atoms with E-state index < -0.39 is 18.0 Å². The molecular weight excluding hydrogens is 476 g/mol. The van der Waals surface area contributed by atoms with Crippen LogP contribution in [0.2, 0.25) is 0 Å². The highest BCUT2D eigenvalue weighted by molar-refractivity contribution is 9.10. The summed E-state index contributed by atoms with van der Waals surface area (Å²) in [5.74, 6) is -1.82.